The molecule has 13 heavy (non-hydrogen) atoms. The van der Waals surface area contributed by atoms with Gasteiger partial charge in [0.1, 0.15) is 0 Å². The van der Waals surface area contributed by atoms with E-state index in [1.165, 1.54) is 24.0 Å². The summed E-state index contributed by atoms with van der Waals surface area (Å²) in [6.07, 6.45) is 2.82. The molecule has 0 amide bonds. The lowest BCUT2D eigenvalue weighted by Gasteiger charge is -2.11. The maximum absolute atomic E-state index is 5.61. The second kappa shape index (κ2) is 3.51. The molecule has 1 aliphatic rings. The molecule has 1 unspecified atom stereocenters. The first-order valence-corrected chi connectivity index (χ1v) is 5.10. The fourth-order valence-corrected chi connectivity index (χ4v) is 1.87. The van der Waals surface area contributed by atoms with E-state index in [0.29, 0.717) is 6.54 Å². The summed E-state index contributed by atoms with van der Waals surface area (Å²) in [5, 5.41) is 0. The minimum absolute atomic E-state index is 0.658. The third-order valence-electron chi connectivity index (χ3n) is 3.04. The van der Waals surface area contributed by atoms with Gasteiger partial charge in [0.05, 0.1) is 0 Å². The summed E-state index contributed by atoms with van der Waals surface area (Å²) in [5.74, 6) is 1.67. The van der Waals surface area contributed by atoms with Crippen molar-refractivity contribution >= 4 is 0 Å². The molecule has 0 saturated heterocycles. The fourth-order valence-electron chi connectivity index (χ4n) is 1.87. The first kappa shape index (κ1) is 8.76. The van der Waals surface area contributed by atoms with Crippen molar-refractivity contribution in [3.8, 4) is 0 Å². The average Bonchev–Trinajstić information content (AvgIpc) is 3.00. The summed E-state index contributed by atoms with van der Waals surface area (Å²) in [4.78, 5) is 0. The topological polar surface area (TPSA) is 26.0 Å². The van der Waals surface area contributed by atoms with Gasteiger partial charge in [-0.15, -0.1) is 0 Å². The third-order valence-corrected chi connectivity index (χ3v) is 3.04. The second-order valence-electron chi connectivity index (χ2n) is 4.08. The minimum atomic E-state index is 0.658. The summed E-state index contributed by atoms with van der Waals surface area (Å²) in [5.41, 5.74) is 8.33. The van der Waals surface area contributed by atoms with Crippen LogP contribution in [0.2, 0.25) is 0 Å². The van der Waals surface area contributed by atoms with Gasteiger partial charge in [-0.25, -0.2) is 0 Å². The number of nitrogens with two attached hydrogens (primary N) is 1. The smallest absolute Gasteiger partial charge is 0.0178 e. The van der Waals surface area contributed by atoms with Gasteiger partial charge in [-0.3, -0.25) is 0 Å². The van der Waals surface area contributed by atoms with E-state index < -0.39 is 0 Å². The van der Waals surface area contributed by atoms with Crippen LogP contribution in [0.1, 0.15) is 36.8 Å². The molecule has 1 saturated carbocycles. The van der Waals surface area contributed by atoms with E-state index in [2.05, 4.69) is 31.2 Å². The van der Waals surface area contributed by atoms with E-state index >= 15 is 0 Å². The van der Waals surface area contributed by atoms with Gasteiger partial charge >= 0.3 is 0 Å². The highest BCUT2D eigenvalue weighted by molar-refractivity contribution is 5.27. The first-order chi connectivity index (χ1) is 6.31. The van der Waals surface area contributed by atoms with Crippen LogP contribution in [-0.2, 0) is 6.54 Å². The Labute approximate surface area is 80.0 Å². The maximum Gasteiger partial charge on any atom is 0.0178 e. The monoisotopic (exact) mass is 175 g/mol. The fraction of sp³-hybridized carbons (Fsp3) is 0.500. The molecule has 1 aliphatic carbocycles. The predicted octanol–water partition coefficient (Wildman–Crippen LogP) is 2.66. The Kier molecular flexibility index (Phi) is 2.36. The summed E-state index contributed by atoms with van der Waals surface area (Å²) >= 11 is 0. The zero-order chi connectivity index (χ0) is 9.26. The Balaban J connectivity index is 2.18. The van der Waals surface area contributed by atoms with E-state index in [0.717, 1.165) is 11.8 Å². The summed E-state index contributed by atoms with van der Waals surface area (Å²) in [6, 6.07) is 8.70. The van der Waals surface area contributed by atoms with Crippen molar-refractivity contribution in [1.82, 2.24) is 0 Å². The number of benzene rings is 1. The van der Waals surface area contributed by atoms with Crippen LogP contribution in [0, 0.1) is 5.92 Å². The molecular weight excluding hydrogens is 158 g/mol. The highest BCUT2D eigenvalue weighted by Crippen LogP contribution is 2.42. The van der Waals surface area contributed by atoms with Crippen molar-refractivity contribution in [3.05, 3.63) is 35.4 Å². The van der Waals surface area contributed by atoms with Crippen LogP contribution in [0.3, 0.4) is 0 Å². The Morgan fingerprint density at radius 1 is 1.46 bits per heavy atom. The summed E-state index contributed by atoms with van der Waals surface area (Å²) < 4.78 is 0. The Hall–Kier alpha value is -0.820. The Bertz CT molecular complexity index is 289. The zero-order valence-corrected chi connectivity index (χ0v) is 8.16. The lowest BCUT2D eigenvalue weighted by Crippen LogP contribution is -2.00. The van der Waals surface area contributed by atoms with E-state index in [-0.39, 0.29) is 0 Å². The SMILES string of the molecule is CC(c1cccc(CN)c1)C1CC1. The number of hydrogen-bond donors (Lipinski definition) is 1. The maximum atomic E-state index is 5.61. The van der Waals surface area contributed by atoms with E-state index in [9.17, 15) is 0 Å². The molecule has 0 aromatic heterocycles. The van der Waals surface area contributed by atoms with Gasteiger partial charge in [-0.05, 0) is 35.8 Å². The summed E-state index contributed by atoms with van der Waals surface area (Å²) in [6.45, 7) is 2.98. The molecule has 1 atom stereocenters. The van der Waals surface area contributed by atoms with Crippen LogP contribution in [0.4, 0.5) is 0 Å². The molecule has 1 nitrogen and oxygen atoms in total. The van der Waals surface area contributed by atoms with Crippen molar-refractivity contribution in [2.45, 2.75) is 32.2 Å². The van der Waals surface area contributed by atoms with Gasteiger partial charge in [0.25, 0.3) is 0 Å². The third kappa shape index (κ3) is 1.92. The lowest BCUT2D eigenvalue weighted by atomic mass is 9.95. The van der Waals surface area contributed by atoms with Crippen LogP contribution in [-0.4, -0.2) is 0 Å². The quantitative estimate of drug-likeness (QED) is 0.751. The van der Waals surface area contributed by atoms with Crippen LogP contribution in [0.5, 0.6) is 0 Å². The molecule has 1 aromatic rings. The molecule has 2 N–H and O–H groups in total. The highest BCUT2D eigenvalue weighted by Gasteiger charge is 2.28. The van der Waals surface area contributed by atoms with Crippen molar-refractivity contribution < 1.29 is 0 Å². The van der Waals surface area contributed by atoms with Gasteiger partial charge in [0.2, 0.25) is 0 Å². The normalized spacial score (nSPS) is 18.6. The predicted molar refractivity (Wildman–Crippen MR) is 55.5 cm³/mol. The van der Waals surface area contributed by atoms with E-state index in [1.54, 1.807) is 0 Å². The molecule has 0 radical (unpaired) electrons. The zero-order valence-electron chi connectivity index (χ0n) is 8.16. The largest absolute Gasteiger partial charge is 0.326 e. The number of rotatable bonds is 3. The van der Waals surface area contributed by atoms with Gasteiger partial charge in [-0.1, -0.05) is 31.2 Å². The van der Waals surface area contributed by atoms with Gasteiger partial charge in [0, 0.05) is 6.54 Å². The van der Waals surface area contributed by atoms with Crippen LogP contribution in [0.25, 0.3) is 0 Å². The molecule has 0 spiro atoms. The molecule has 70 valence electrons. The van der Waals surface area contributed by atoms with Crippen LogP contribution < -0.4 is 5.73 Å². The van der Waals surface area contributed by atoms with Crippen molar-refractivity contribution in [3.63, 3.8) is 0 Å². The van der Waals surface area contributed by atoms with E-state index in [4.69, 9.17) is 5.73 Å². The lowest BCUT2D eigenvalue weighted by molar-refractivity contribution is 0.663. The first-order valence-electron chi connectivity index (χ1n) is 5.10. The molecule has 2 rings (SSSR count). The van der Waals surface area contributed by atoms with Crippen LogP contribution in [0.15, 0.2) is 24.3 Å². The Morgan fingerprint density at radius 3 is 2.85 bits per heavy atom. The van der Waals surface area contributed by atoms with Gasteiger partial charge in [-0.2, -0.15) is 0 Å². The molecule has 0 heterocycles. The number of hydrogen-bond acceptors (Lipinski definition) is 1. The van der Waals surface area contributed by atoms with Crippen LogP contribution >= 0.6 is 0 Å². The second-order valence-corrected chi connectivity index (χ2v) is 4.08. The summed E-state index contributed by atoms with van der Waals surface area (Å²) in [7, 11) is 0. The molecule has 0 bridgehead atoms. The van der Waals surface area contributed by atoms with Crippen molar-refractivity contribution in [1.29, 1.82) is 0 Å². The highest BCUT2D eigenvalue weighted by atomic mass is 14.5. The average molecular weight is 175 g/mol. The molecular formula is C12H17N. The van der Waals surface area contributed by atoms with Crippen molar-refractivity contribution in [2.24, 2.45) is 11.7 Å². The van der Waals surface area contributed by atoms with Crippen molar-refractivity contribution in [2.75, 3.05) is 0 Å². The van der Waals surface area contributed by atoms with E-state index in [1.807, 2.05) is 0 Å². The Morgan fingerprint density at radius 2 is 2.23 bits per heavy atom. The molecule has 1 aromatic carbocycles. The molecule has 0 aliphatic heterocycles. The van der Waals surface area contributed by atoms with Gasteiger partial charge < -0.3 is 5.73 Å². The molecule has 1 heteroatoms. The molecule has 1 fully saturated rings. The minimum Gasteiger partial charge on any atom is -0.326 e. The van der Waals surface area contributed by atoms with Gasteiger partial charge in [0.15, 0.2) is 0 Å². The standard InChI is InChI=1S/C12H17N/c1-9(11-5-6-11)12-4-2-3-10(7-12)8-13/h2-4,7,9,11H,5-6,8,13H2,1H3.